The lowest BCUT2D eigenvalue weighted by Crippen LogP contribution is -2.39. The monoisotopic (exact) mass is 256 g/mol. The Hall–Kier alpha value is -0.860. The molecule has 3 N–H and O–H groups in total. The number of nitrogens with two attached hydrogens (primary N) is 1. The SMILES string of the molecule is NNC(=O)C1CCC(COCCC(F)(F)F)O1. The minimum atomic E-state index is -4.21. The Labute approximate surface area is 96.4 Å². The molecule has 0 radical (unpaired) electrons. The van der Waals surface area contributed by atoms with Crippen LogP contribution in [0.4, 0.5) is 13.2 Å². The molecule has 1 fully saturated rings. The number of carbonyl (C=O) groups excluding carboxylic acids is 1. The van der Waals surface area contributed by atoms with Crippen molar-refractivity contribution in [2.45, 2.75) is 37.6 Å². The van der Waals surface area contributed by atoms with Gasteiger partial charge in [-0.1, -0.05) is 0 Å². The van der Waals surface area contributed by atoms with Crippen molar-refractivity contribution < 1.29 is 27.4 Å². The second-order valence-corrected chi connectivity index (χ2v) is 3.77. The molecule has 8 heteroatoms. The summed E-state index contributed by atoms with van der Waals surface area (Å²) >= 11 is 0. The summed E-state index contributed by atoms with van der Waals surface area (Å²) in [6.07, 6.45) is -5.09. The molecule has 0 spiro atoms. The van der Waals surface area contributed by atoms with E-state index >= 15 is 0 Å². The zero-order valence-electron chi connectivity index (χ0n) is 9.13. The summed E-state index contributed by atoms with van der Waals surface area (Å²) in [6.45, 7) is -0.332. The van der Waals surface area contributed by atoms with Crippen molar-refractivity contribution in [2.24, 2.45) is 5.84 Å². The standard InChI is InChI=1S/C9H15F3N2O3/c10-9(11,12)3-4-16-5-6-1-2-7(17-6)8(15)14-13/h6-7H,1-5,13H2,(H,14,15). The summed E-state index contributed by atoms with van der Waals surface area (Å²) in [4.78, 5) is 11.1. The topological polar surface area (TPSA) is 73.6 Å². The summed E-state index contributed by atoms with van der Waals surface area (Å²) in [5.41, 5.74) is 1.96. The van der Waals surface area contributed by atoms with Crippen molar-refractivity contribution in [2.75, 3.05) is 13.2 Å². The molecule has 1 rings (SSSR count). The second-order valence-electron chi connectivity index (χ2n) is 3.77. The molecule has 0 saturated carbocycles. The van der Waals surface area contributed by atoms with E-state index in [4.69, 9.17) is 15.3 Å². The quantitative estimate of drug-likeness (QED) is 0.325. The van der Waals surface area contributed by atoms with Gasteiger partial charge >= 0.3 is 6.18 Å². The normalized spacial score (nSPS) is 24.9. The van der Waals surface area contributed by atoms with Crippen LogP contribution in [-0.4, -0.2) is 37.5 Å². The van der Waals surface area contributed by atoms with E-state index in [0.717, 1.165) is 0 Å². The van der Waals surface area contributed by atoms with Gasteiger partial charge in [-0.2, -0.15) is 13.2 Å². The van der Waals surface area contributed by atoms with E-state index in [-0.39, 0.29) is 12.7 Å². The molecule has 0 aliphatic carbocycles. The first-order chi connectivity index (χ1) is 7.92. The molecule has 5 nitrogen and oxygen atoms in total. The average molecular weight is 256 g/mol. The number of alkyl halides is 3. The number of hydrazine groups is 1. The number of ether oxygens (including phenoxy) is 2. The lowest BCUT2D eigenvalue weighted by atomic mass is 10.2. The number of rotatable bonds is 5. The van der Waals surface area contributed by atoms with Crippen LogP contribution in [0.1, 0.15) is 19.3 Å². The van der Waals surface area contributed by atoms with Crippen molar-refractivity contribution in [1.29, 1.82) is 0 Å². The van der Waals surface area contributed by atoms with Crippen LogP contribution in [0.5, 0.6) is 0 Å². The fourth-order valence-corrected chi connectivity index (χ4v) is 1.52. The summed E-state index contributed by atoms with van der Waals surface area (Å²) in [5.74, 6) is 4.50. The lowest BCUT2D eigenvalue weighted by Gasteiger charge is -2.13. The third-order valence-electron chi connectivity index (χ3n) is 2.38. The van der Waals surface area contributed by atoms with Crippen LogP contribution in [-0.2, 0) is 14.3 Å². The Morgan fingerprint density at radius 2 is 2.18 bits per heavy atom. The highest BCUT2D eigenvalue weighted by Crippen LogP contribution is 2.21. The number of amides is 1. The van der Waals surface area contributed by atoms with E-state index in [1.165, 1.54) is 0 Å². The van der Waals surface area contributed by atoms with Crippen LogP contribution in [0.3, 0.4) is 0 Å². The number of halogens is 3. The first-order valence-electron chi connectivity index (χ1n) is 5.23. The fraction of sp³-hybridized carbons (Fsp3) is 0.889. The first-order valence-corrected chi connectivity index (χ1v) is 5.23. The molecule has 1 amide bonds. The fourth-order valence-electron chi connectivity index (χ4n) is 1.52. The van der Waals surface area contributed by atoms with Gasteiger partial charge in [0.25, 0.3) is 5.91 Å². The predicted octanol–water partition coefficient (Wildman–Crippen LogP) is 0.493. The highest BCUT2D eigenvalue weighted by atomic mass is 19.4. The van der Waals surface area contributed by atoms with Crippen LogP contribution in [0.15, 0.2) is 0 Å². The Kier molecular flexibility index (Phi) is 5.16. The molecule has 1 aliphatic rings. The Morgan fingerprint density at radius 1 is 1.47 bits per heavy atom. The number of hydrogen-bond acceptors (Lipinski definition) is 4. The van der Waals surface area contributed by atoms with E-state index in [1.54, 1.807) is 0 Å². The van der Waals surface area contributed by atoms with Crippen LogP contribution >= 0.6 is 0 Å². The van der Waals surface area contributed by atoms with Gasteiger partial charge < -0.3 is 9.47 Å². The molecule has 2 atom stereocenters. The van der Waals surface area contributed by atoms with Gasteiger partial charge in [0.15, 0.2) is 0 Å². The maximum absolute atomic E-state index is 11.8. The van der Waals surface area contributed by atoms with Gasteiger partial charge in [-0.05, 0) is 12.8 Å². The molecule has 2 unspecified atom stereocenters. The third-order valence-corrected chi connectivity index (χ3v) is 2.38. The molecule has 0 aromatic rings. The number of nitrogens with one attached hydrogen (secondary N) is 1. The van der Waals surface area contributed by atoms with Gasteiger partial charge in [0.05, 0.1) is 25.7 Å². The van der Waals surface area contributed by atoms with Crippen LogP contribution in [0, 0.1) is 0 Å². The van der Waals surface area contributed by atoms with Crippen molar-refractivity contribution in [1.82, 2.24) is 5.43 Å². The minimum Gasteiger partial charge on any atom is -0.378 e. The Bertz CT molecular complexity index is 260. The zero-order valence-corrected chi connectivity index (χ0v) is 9.13. The maximum atomic E-state index is 11.8. The van der Waals surface area contributed by atoms with Crippen molar-refractivity contribution >= 4 is 5.91 Å². The summed E-state index contributed by atoms with van der Waals surface area (Å²) < 4.78 is 45.5. The summed E-state index contributed by atoms with van der Waals surface area (Å²) in [5, 5.41) is 0. The van der Waals surface area contributed by atoms with E-state index in [9.17, 15) is 18.0 Å². The Morgan fingerprint density at radius 3 is 2.76 bits per heavy atom. The highest BCUT2D eigenvalue weighted by Gasteiger charge is 2.31. The Balaban J connectivity index is 2.12. The van der Waals surface area contributed by atoms with Gasteiger partial charge in [-0.15, -0.1) is 0 Å². The molecule has 0 bridgehead atoms. The van der Waals surface area contributed by atoms with Crippen molar-refractivity contribution in [3.05, 3.63) is 0 Å². The molecular formula is C9H15F3N2O3. The molecule has 1 aliphatic heterocycles. The molecular weight excluding hydrogens is 241 g/mol. The predicted molar refractivity (Wildman–Crippen MR) is 51.7 cm³/mol. The molecule has 0 aromatic carbocycles. The highest BCUT2D eigenvalue weighted by molar-refractivity contribution is 5.80. The van der Waals surface area contributed by atoms with Gasteiger partial charge in [0.1, 0.15) is 6.10 Å². The third kappa shape index (κ3) is 5.33. The first kappa shape index (κ1) is 14.2. The maximum Gasteiger partial charge on any atom is 0.391 e. The molecule has 1 saturated heterocycles. The van der Waals surface area contributed by atoms with Gasteiger partial charge in [-0.3, -0.25) is 10.2 Å². The van der Waals surface area contributed by atoms with Crippen LogP contribution in [0.2, 0.25) is 0 Å². The van der Waals surface area contributed by atoms with E-state index in [1.807, 2.05) is 5.43 Å². The molecule has 17 heavy (non-hydrogen) atoms. The van der Waals surface area contributed by atoms with E-state index in [0.29, 0.717) is 12.8 Å². The molecule has 0 aromatic heterocycles. The summed E-state index contributed by atoms with van der Waals surface area (Å²) in [6, 6.07) is 0. The smallest absolute Gasteiger partial charge is 0.378 e. The zero-order chi connectivity index (χ0) is 12.9. The van der Waals surface area contributed by atoms with Gasteiger partial charge in [0, 0.05) is 0 Å². The lowest BCUT2D eigenvalue weighted by molar-refractivity contribution is -0.148. The van der Waals surface area contributed by atoms with E-state index in [2.05, 4.69) is 0 Å². The van der Waals surface area contributed by atoms with Gasteiger partial charge in [-0.25, -0.2) is 5.84 Å². The second kappa shape index (κ2) is 6.18. The molecule has 1 heterocycles. The van der Waals surface area contributed by atoms with Crippen molar-refractivity contribution in [3.63, 3.8) is 0 Å². The average Bonchev–Trinajstić information content (AvgIpc) is 2.70. The number of carbonyl (C=O) groups is 1. The van der Waals surface area contributed by atoms with E-state index < -0.39 is 31.2 Å². The van der Waals surface area contributed by atoms with Gasteiger partial charge in [0.2, 0.25) is 0 Å². The van der Waals surface area contributed by atoms with Crippen LogP contribution in [0.25, 0.3) is 0 Å². The molecule has 100 valence electrons. The van der Waals surface area contributed by atoms with Crippen molar-refractivity contribution in [3.8, 4) is 0 Å². The minimum absolute atomic E-state index is 0.0600. The summed E-state index contributed by atoms with van der Waals surface area (Å²) in [7, 11) is 0. The number of hydrogen-bond donors (Lipinski definition) is 2. The van der Waals surface area contributed by atoms with Crippen LogP contribution < -0.4 is 11.3 Å². The largest absolute Gasteiger partial charge is 0.391 e.